The summed E-state index contributed by atoms with van der Waals surface area (Å²) in [5, 5.41) is 0.644. The van der Waals surface area contributed by atoms with Crippen molar-refractivity contribution in [2.75, 3.05) is 25.7 Å². The molecule has 0 spiro atoms. The highest BCUT2D eigenvalue weighted by Crippen LogP contribution is 2.39. The maximum absolute atomic E-state index is 14.0. The van der Waals surface area contributed by atoms with E-state index in [1.54, 1.807) is 14.2 Å². The number of hydrogen-bond donors (Lipinski definition) is 1. The third-order valence-corrected chi connectivity index (χ3v) is 9.67. The molecule has 1 heterocycles. The van der Waals surface area contributed by atoms with Gasteiger partial charge in [-0.25, -0.2) is 4.98 Å². The number of methoxy groups -OCH3 is 2. The third kappa shape index (κ3) is 6.47. The van der Waals surface area contributed by atoms with Crippen LogP contribution in [0, 0.1) is 18.8 Å². The number of aryl methyl sites for hydroxylation is 1. The van der Waals surface area contributed by atoms with Gasteiger partial charge in [0.1, 0.15) is 5.75 Å². The molecule has 0 atom stereocenters. The number of hydrogen-bond acceptors (Lipinski definition) is 6. The van der Waals surface area contributed by atoms with Gasteiger partial charge in [-0.1, -0.05) is 35.6 Å². The van der Waals surface area contributed by atoms with E-state index in [0.717, 1.165) is 79.8 Å². The monoisotopic (exact) mass is 547 g/mol. The number of benzene rings is 2. The minimum atomic E-state index is 0.0515. The summed E-state index contributed by atoms with van der Waals surface area (Å²) in [7, 11) is 3.37. The number of anilines is 1. The molecule has 6 nitrogen and oxygen atoms in total. The first kappa shape index (κ1) is 27.7. The number of aromatic nitrogens is 1. The SMILES string of the molecule is COc1ncc(-c2cccc(N(CC3CCC(c4ccc(OC)c(C)c4)CC3)C(=O)C3CCC(N)CC3)c2)s1. The molecule has 0 unspecified atom stereocenters. The lowest BCUT2D eigenvalue weighted by molar-refractivity contribution is -0.123. The standard InChI is InChI=1S/C32H41N3O3S/c1-21-17-25(13-16-29(21)37-2)23-9-7-22(8-10-23)20-35(31(36)24-11-14-27(33)15-12-24)28-6-4-5-26(18-28)30-19-34-32(38-3)39-30/h4-6,13,16-19,22-24,27H,7-12,14-15,20,33H2,1-3H3. The predicted molar refractivity (Wildman–Crippen MR) is 159 cm³/mol. The number of amides is 1. The minimum Gasteiger partial charge on any atom is -0.496 e. The van der Waals surface area contributed by atoms with Crippen molar-refractivity contribution in [2.45, 2.75) is 70.3 Å². The second-order valence-electron chi connectivity index (χ2n) is 11.3. The Hall–Kier alpha value is -2.90. The van der Waals surface area contributed by atoms with Crippen LogP contribution in [0.3, 0.4) is 0 Å². The van der Waals surface area contributed by atoms with Gasteiger partial charge in [0.25, 0.3) is 5.19 Å². The average molecular weight is 548 g/mol. The van der Waals surface area contributed by atoms with Crippen LogP contribution in [0.1, 0.15) is 68.4 Å². The molecular weight excluding hydrogens is 506 g/mol. The molecular formula is C32H41N3O3S. The van der Waals surface area contributed by atoms with E-state index in [2.05, 4.69) is 59.3 Å². The highest BCUT2D eigenvalue weighted by molar-refractivity contribution is 7.16. The zero-order chi connectivity index (χ0) is 27.4. The van der Waals surface area contributed by atoms with E-state index in [4.69, 9.17) is 15.2 Å². The highest BCUT2D eigenvalue weighted by Gasteiger charge is 2.32. The van der Waals surface area contributed by atoms with E-state index < -0.39 is 0 Å². The van der Waals surface area contributed by atoms with Crippen LogP contribution < -0.4 is 20.1 Å². The normalized spacial score (nSPS) is 23.3. The Bertz CT molecular complexity index is 1260. The summed E-state index contributed by atoms with van der Waals surface area (Å²) in [6, 6.07) is 15.2. The molecule has 208 valence electrons. The van der Waals surface area contributed by atoms with Gasteiger partial charge in [0.2, 0.25) is 5.91 Å². The summed E-state index contributed by atoms with van der Waals surface area (Å²) < 4.78 is 10.8. The van der Waals surface area contributed by atoms with Gasteiger partial charge in [-0.05, 0) is 105 Å². The van der Waals surface area contributed by atoms with Gasteiger partial charge >= 0.3 is 0 Å². The molecule has 2 fully saturated rings. The van der Waals surface area contributed by atoms with Gasteiger partial charge in [0, 0.05) is 30.4 Å². The molecule has 0 bridgehead atoms. The van der Waals surface area contributed by atoms with E-state index in [-0.39, 0.29) is 17.9 Å². The summed E-state index contributed by atoms with van der Waals surface area (Å²) >= 11 is 1.52. The topological polar surface area (TPSA) is 77.7 Å². The van der Waals surface area contributed by atoms with Crippen molar-refractivity contribution in [1.29, 1.82) is 0 Å². The lowest BCUT2D eigenvalue weighted by atomic mass is 9.78. The fourth-order valence-corrected chi connectivity index (χ4v) is 7.04. The number of thiazole rings is 1. The van der Waals surface area contributed by atoms with Crippen LogP contribution in [-0.4, -0.2) is 37.7 Å². The van der Waals surface area contributed by atoms with Crippen molar-refractivity contribution in [1.82, 2.24) is 4.98 Å². The molecule has 1 amide bonds. The Balaban J connectivity index is 1.33. The third-order valence-electron chi connectivity index (χ3n) is 8.67. The van der Waals surface area contributed by atoms with Gasteiger partial charge in [-0.15, -0.1) is 0 Å². The van der Waals surface area contributed by atoms with Gasteiger partial charge in [-0.3, -0.25) is 4.79 Å². The quantitative estimate of drug-likeness (QED) is 0.330. The fraction of sp³-hybridized carbons (Fsp3) is 0.500. The maximum atomic E-state index is 14.0. The lowest BCUT2D eigenvalue weighted by Gasteiger charge is -2.36. The van der Waals surface area contributed by atoms with Crippen molar-refractivity contribution in [3.05, 3.63) is 59.8 Å². The van der Waals surface area contributed by atoms with E-state index in [1.165, 1.54) is 22.5 Å². The molecule has 3 aromatic rings. The smallest absolute Gasteiger partial charge is 0.273 e. The van der Waals surface area contributed by atoms with Crippen LogP contribution >= 0.6 is 11.3 Å². The largest absolute Gasteiger partial charge is 0.496 e. The van der Waals surface area contributed by atoms with Crippen molar-refractivity contribution in [2.24, 2.45) is 17.6 Å². The fourth-order valence-electron chi connectivity index (χ4n) is 6.31. The number of nitrogens with zero attached hydrogens (tertiary/aromatic N) is 2. The molecule has 2 saturated carbocycles. The van der Waals surface area contributed by atoms with E-state index in [1.807, 2.05) is 6.20 Å². The summed E-state index contributed by atoms with van der Waals surface area (Å²) in [5.41, 5.74) is 10.8. The summed E-state index contributed by atoms with van der Waals surface area (Å²) in [6.45, 7) is 2.89. The number of ether oxygens (including phenoxy) is 2. The minimum absolute atomic E-state index is 0.0515. The summed E-state index contributed by atoms with van der Waals surface area (Å²) in [5.74, 6) is 2.32. The molecule has 0 aliphatic heterocycles. The Morgan fingerprint density at radius 3 is 2.44 bits per heavy atom. The molecule has 2 aliphatic carbocycles. The van der Waals surface area contributed by atoms with Crippen molar-refractivity contribution in [3.63, 3.8) is 0 Å². The van der Waals surface area contributed by atoms with Crippen molar-refractivity contribution >= 4 is 22.9 Å². The maximum Gasteiger partial charge on any atom is 0.273 e. The molecule has 2 aliphatic rings. The van der Waals surface area contributed by atoms with Gasteiger partial charge in [-0.2, -0.15) is 0 Å². The summed E-state index contributed by atoms with van der Waals surface area (Å²) in [4.78, 5) is 21.5. The Labute approximate surface area is 236 Å². The number of rotatable bonds is 8. The van der Waals surface area contributed by atoms with Gasteiger partial charge in [0.05, 0.1) is 19.1 Å². The molecule has 7 heteroatoms. The molecule has 2 aromatic carbocycles. The first-order valence-electron chi connectivity index (χ1n) is 14.3. The van der Waals surface area contributed by atoms with E-state index in [0.29, 0.717) is 17.0 Å². The Morgan fingerprint density at radius 2 is 1.77 bits per heavy atom. The van der Waals surface area contributed by atoms with Crippen LogP contribution in [0.4, 0.5) is 5.69 Å². The molecule has 0 saturated heterocycles. The highest BCUT2D eigenvalue weighted by atomic mass is 32.1. The van der Waals surface area contributed by atoms with E-state index in [9.17, 15) is 4.79 Å². The molecule has 2 N–H and O–H groups in total. The second-order valence-corrected chi connectivity index (χ2v) is 12.2. The van der Waals surface area contributed by atoms with Crippen LogP contribution in [-0.2, 0) is 4.79 Å². The Kier molecular flexibility index (Phi) is 8.88. The van der Waals surface area contributed by atoms with E-state index >= 15 is 0 Å². The molecule has 0 radical (unpaired) electrons. The first-order valence-corrected chi connectivity index (χ1v) is 15.1. The first-order chi connectivity index (χ1) is 18.9. The molecule has 39 heavy (non-hydrogen) atoms. The van der Waals surface area contributed by atoms with Crippen LogP contribution in [0.15, 0.2) is 48.7 Å². The zero-order valence-electron chi connectivity index (χ0n) is 23.4. The lowest BCUT2D eigenvalue weighted by Crippen LogP contribution is -2.42. The van der Waals surface area contributed by atoms with Gasteiger partial charge < -0.3 is 20.1 Å². The molecule has 5 rings (SSSR count). The second kappa shape index (κ2) is 12.5. The molecule has 1 aromatic heterocycles. The Morgan fingerprint density at radius 1 is 1.00 bits per heavy atom. The number of carbonyl (C=O) groups is 1. The summed E-state index contributed by atoms with van der Waals surface area (Å²) in [6.07, 6.45) is 10.0. The number of carbonyl (C=O) groups excluding carboxylic acids is 1. The van der Waals surface area contributed by atoms with Crippen LogP contribution in [0.5, 0.6) is 10.9 Å². The van der Waals surface area contributed by atoms with Crippen molar-refractivity contribution in [3.8, 4) is 21.4 Å². The predicted octanol–water partition coefficient (Wildman–Crippen LogP) is 6.96. The van der Waals surface area contributed by atoms with Crippen molar-refractivity contribution < 1.29 is 14.3 Å². The van der Waals surface area contributed by atoms with Crippen LogP contribution in [0.2, 0.25) is 0 Å². The zero-order valence-corrected chi connectivity index (χ0v) is 24.2. The van der Waals surface area contributed by atoms with Gasteiger partial charge in [0.15, 0.2) is 0 Å². The van der Waals surface area contributed by atoms with Crippen LogP contribution in [0.25, 0.3) is 10.4 Å². The average Bonchev–Trinajstić information content (AvgIpc) is 3.46. The number of nitrogens with two attached hydrogens (primary N) is 1.